The van der Waals surface area contributed by atoms with E-state index in [4.69, 9.17) is 10.8 Å². The zero-order valence-electron chi connectivity index (χ0n) is 10.9. The van der Waals surface area contributed by atoms with Gasteiger partial charge in [-0.3, -0.25) is 4.79 Å². The number of aliphatic hydroxyl groups is 1. The minimum Gasteiger partial charge on any atom is -0.394 e. The lowest BCUT2D eigenvalue weighted by molar-refractivity contribution is -0.123. The second-order valence-electron chi connectivity index (χ2n) is 5.25. The first-order valence-corrected chi connectivity index (χ1v) is 6.03. The van der Waals surface area contributed by atoms with Gasteiger partial charge in [0.05, 0.1) is 18.7 Å². The summed E-state index contributed by atoms with van der Waals surface area (Å²) in [7, 11) is 0. The highest BCUT2D eigenvalue weighted by atomic mass is 16.3. The van der Waals surface area contributed by atoms with E-state index in [0.717, 1.165) is 6.42 Å². The quantitative estimate of drug-likeness (QED) is 0.608. The molecule has 0 aromatic carbocycles. The fourth-order valence-electron chi connectivity index (χ4n) is 1.67. The smallest absolute Gasteiger partial charge is 0.237 e. The number of amides is 1. The SMILES string of the molecule is CC(C)CC(CO)NC(=O)C(N)CC(C)C. The Labute approximate surface area is 98.6 Å². The van der Waals surface area contributed by atoms with Crippen molar-refractivity contribution in [2.45, 2.75) is 52.6 Å². The fraction of sp³-hybridized carbons (Fsp3) is 0.917. The van der Waals surface area contributed by atoms with E-state index < -0.39 is 6.04 Å². The van der Waals surface area contributed by atoms with Gasteiger partial charge in [-0.2, -0.15) is 0 Å². The Balaban J connectivity index is 4.08. The highest BCUT2D eigenvalue weighted by molar-refractivity contribution is 5.81. The molecule has 0 rings (SSSR count). The summed E-state index contributed by atoms with van der Waals surface area (Å²) in [6.07, 6.45) is 1.45. The van der Waals surface area contributed by atoms with Crippen LogP contribution in [0.4, 0.5) is 0 Å². The molecule has 0 aliphatic rings. The van der Waals surface area contributed by atoms with Crippen molar-refractivity contribution < 1.29 is 9.90 Å². The number of nitrogens with two attached hydrogens (primary N) is 1. The van der Waals surface area contributed by atoms with Crippen LogP contribution in [0.25, 0.3) is 0 Å². The molecule has 4 N–H and O–H groups in total. The Morgan fingerprint density at radius 1 is 1.19 bits per heavy atom. The number of aliphatic hydroxyl groups excluding tert-OH is 1. The molecule has 4 nitrogen and oxygen atoms in total. The fourth-order valence-corrected chi connectivity index (χ4v) is 1.67. The van der Waals surface area contributed by atoms with E-state index in [2.05, 4.69) is 19.2 Å². The molecule has 96 valence electrons. The van der Waals surface area contributed by atoms with Crippen LogP contribution < -0.4 is 11.1 Å². The second kappa shape index (κ2) is 7.63. The molecule has 4 heteroatoms. The monoisotopic (exact) mass is 230 g/mol. The molecule has 0 aliphatic heterocycles. The molecule has 0 spiro atoms. The maximum absolute atomic E-state index is 11.7. The van der Waals surface area contributed by atoms with Gasteiger partial charge >= 0.3 is 0 Å². The van der Waals surface area contributed by atoms with E-state index in [0.29, 0.717) is 18.3 Å². The predicted molar refractivity (Wildman–Crippen MR) is 65.9 cm³/mol. The maximum Gasteiger partial charge on any atom is 0.237 e. The van der Waals surface area contributed by atoms with Crippen LogP contribution in [0, 0.1) is 11.8 Å². The zero-order chi connectivity index (χ0) is 12.7. The Hall–Kier alpha value is -0.610. The first-order valence-electron chi connectivity index (χ1n) is 6.03. The largest absolute Gasteiger partial charge is 0.394 e. The topological polar surface area (TPSA) is 75.3 Å². The summed E-state index contributed by atoms with van der Waals surface area (Å²) < 4.78 is 0. The Morgan fingerprint density at radius 3 is 2.06 bits per heavy atom. The number of carbonyl (C=O) groups excluding carboxylic acids is 1. The van der Waals surface area contributed by atoms with E-state index >= 15 is 0 Å². The summed E-state index contributed by atoms with van der Waals surface area (Å²) in [5.41, 5.74) is 5.76. The van der Waals surface area contributed by atoms with Crippen molar-refractivity contribution in [1.29, 1.82) is 0 Å². The lowest BCUT2D eigenvalue weighted by Gasteiger charge is -2.21. The molecule has 1 amide bonds. The van der Waals surface area contributed by atoms with Crippen molar-refractivity contribution in [3.8, 4) is 0 Å². The molecular weight excluding hydrogens is 204 g/mol. The van der Waals surface area contributed by atoms with E-state index in [-0.39, 0.29) is 18.6 Å². The van der Waals surface area contributed by atoms with E-state index in [1.165, 1.54) is 0 Å². The summed E-state index contributed by atoms with van der Waals surface area (Å²) in [6.45, 7) is 8.15. The average molecular weight is 230 g/mol. The molecule has 16 heavy (non-hydrogen) atoms. The standard InChI is InChI=1S/C12H26N2O2/c1-8(2)5-10(7-15)14-12(16)11(13)6-9(3)4/h8-11,15H,5-7,13H2,1-4H3,(H,14,16). The van der Waals surface area contributed by atoms with Crippen molar-refractivity contribution >= 4 is 5.91 Å². The Bertz CT molecular complexity index is 205. The van der Waals surface area contributed by atoms with Gasteiger partial charge < -0.3 is 16.2 Å². The van der Waals surface area contributed by atoms with Gasteiger partial charge in [0.25, 0.3) is 0 Å². The molecule has 0 saturated heterocycles. The van der Waals surface area contributed by atoms with Gasteiger partial charge in [-0.1, -0.05) is 27.7 Å². The Kier molecular flexibility index (Phi) is 7.34. The van der Waals surface area contributed by atoms with Crippen LogP contribution in [0.1, 0.15) is 40.5 Å². The molecule has 0 aromatic heterocycles. The van der Waals surface area contributed by atoms with Crippen molar-refractivity contribution in [3.63, 3.8) is 0 Å². The molecule has 2 atom stereocenters. The van der Waals surface area contributed by atoms with Gasteiger partial charge in [0.2, 0.25) is 5.91 Å². The van der Waals surface area contributed by atoms with Crippen LogP contribution in [0.15, 0.2) is 0 Å². The molecule has 0 bridgehead atoms. The second-order valence-corrected chi connectivity index (χ2v) is 5.25. The number of rotatable bonds is 7. The van der Waals surface area contributed by atoms with Gasteiger partial charge in [-0.25, -0.2) is 0 Å². The minimum atomic E-state index is -0.471. The van der Waals surface area contributed by atoms with Crippen molar-refractivity contribution in [2.24, 2.45) is 17.6 Å². The molecule has 0 saturated carbocycles. The van der Waals surface area contributed by atoms with Gasteiger partial charge in [-0.05, 0) is 24.7 Å². The Morgan fingerprint density at radius 2 is 1.69 bits per heavy atom. The molecule has 0 heterocycles. The molecule has 0 radical (unpaired) electrons. The van der Waals surface area contributed by atoms with Gasteiger partial charge in [0, 0.05) is 0 Å². The van der Waals surface area contributed by atoms with Crippen LogP contribution >= 0.6 is 0 Å². The number of carbonyl (C=O) groups is 1. The molecule has 0 fully saturated rings. The van der Waals surface area contributed by atoms with E-state index in [9.17, 15) is 4.79 Å². The molecule has 0 aliphatic carbocycles. The van der Waals surface area contributed by atoms with Crippen molar-refractivity contribution in [2.75, 3.05) is 6.61 Å². The maximum atomic E-state index is 11.7. The highest BCUT2D eigenvalue weighted by Crippen LogP contribution is 2.06. The lowest BCUT2D eigenvalue weighted by atomic mass is 10.0. The van der Waals surface area contributed by atoms with Crippen LogP contribution in [-0.4, -0.2) is 29.7 Å². The van der Waals surface area contributed by atoms with Gasteiger partial charge in [0.15, 0.2) is 0 Å². The normalized spacial score (nSPS) is 15.2. The third-order valence-corrected chi connectivity index (χ3v) is 2.38. The van der Waals surface area contributed by atoms with Crippen LogP contribution in [0.5, 0.6) is 0 Å². The molecule has 2 unspecified atom stereocenters. The summed E-state index contributed by atoms with van der Waals surface area (Å²) in [6, 6.07) is -0.646. The minimum absolute atomic E-state index is 0.0294. The number of hydrogen-bond acceptors (Lipinski definition) is 3. The third-order valence-electron chi connectivity index (χ3n) is 2.38. The van der Waals surface area contributed by atoms with Gasteiger partial charge in [0.1, 0.15) is 0 Å². The van der Waals surface area contributed by atoms with E-state index in [1.54, 1.807) is 0 Å². The summed E-state index contributed by atoms with van der Waals surface area (Å²) in [4.78, 5) is 11.7. The van der Waals surface area contributed by atoms with Crippen LogP contribution in [0.2, 0.25) is 0 Å². The summed E-state index contributed by atoms with van der Waals surface area (Å²) >= 11 is 0. The molecular formula is C12H26N2O2. The third kappa shape index (κ3) is 6.80. The lowest BCUT2D eigenvalue weighted by Crippen LogP contribution is -2.47. The summed E-state index contributed by atoms with van der Waals surface area (Å²) in [5.74, 6) is 0.686. The summed E-state index contributed by atoms with van der Waals surface area (Å²) in [5, 5.41) is 11.9. The van der Waals surface area contributed by atoms with Crippen molar-refractivity contribution in [3.05, 3.63) is 0 Å². The van der Waals surface area contributed by atoms with Crippen molar-refractivity contribution in [1.82, 2.24) is 5.32 Å². The first-order chi connectivity index (χ1) is 7.36. The van der Waals surface area contributed by atoms with Crippen LogP contribution in [-0.2, 0) is 4.79 Å². The highest BCUT2D eigenvalue weighted by Gasteiger charge is 2.19. The molecule has 0 aromatic rings. The van der Waals surface area contributed by atoms with Gasteiger partial charge in [-0.15, -0.1) is 0 Å². The first kappa shape index (κ1) is 15.4. The number of nitrogens with one attached hydrogen (secondary N) is 1. The van der Waals surface area contributed by atoms with Crippen LogP contribution in [0.3, 0.4) is 0 Å². The number of hydrogen-bond donors (Lipinski definition) is 3. The predicted octanol–water partition coefficient (Wildman–Crippen LogP) is 0.883. The zero-order valence-corrected chi connectivity index (χ0v) is 10.9. The average Bonchev–Trinajstić information content (AvgIpc) is 2.14. The van der Waals surface area contributed by atoms with E-state index in [1.807, 2.05) is 13.8 Å².